The van der Waals surface area contributed by atoms with E-state index in [1.165, 1.54) is 0 Å². The van der Waals surface area contributed by atoms with Crippen molar-refractivity contribution in [1.82, 2.24) is 19.3 Å². The first-order valence-corrected chi connectivity index (χ1v) is 6.21. The first-order chi connectivity index (χ1) is 9.52. The highest BCUT2D eigenvalue weighted by atomic mass is 15.3. The largest absolute Gasteiger partial charge is 0.369 e. The van der Waals surface area contributed by atoms with E-state index in [0.717, 1.165) is 28.1 Å². The maximum atomic E-state index is 9.07. The quantitative estimate of drug-likeness (QED) is 0.728. The highest BCUT2D eigenvalue weighted by Crippen LogP contribution is 2.27. The van der Waals surface area contributed by atoms with Gasteiger partial charge in [-0.05, 0) is 31.5 Å². The SMILES string of the molecule is Cc1ccc(C#N)cc1-n1c(N)nc2c(C)nn(C)c21. The van der Waals surface area contributed by atoms with E-state index in [-0.39, 0.29) is 0 Å². The van der Waals surface area contributed by atoms with E-state index in [2.05, 4.69) is 16.2 Å². The lowest BCUT2D eigenvalue weighted by molar-refractivity contribution is 0.762. The number of aromatic nitrogens is 4. The number of rotatable bonds is 1. The topological polar surface area (TPSA) is 85.4 Å². The molecule has 0 saturated heterocycles. The molecule has 20 heavy (non-hydrogen) atoms. The lowest BCUT2D eigenvalue weighted by Gasteiger charge is -2.10. The molecule has 0 unspecified atom stereocenters. The summed E-state index contributed by atoms with van der Waals surface area (Å²) in [4.78, 5) is 4.38. The monoisotopic (exact) mass is 266 g/mol. The molecular weight excluding hydrogens is 252 g/mol. The summed E-state index contributed by atoms with van der Waals surface area (Å²) < 4.78 is 3.60. The smallest absolute Gasteiger partial charge is 0.207 e. The van der Waals surface area contributed by atoms with Crippen molar-refractivity contribution in [2.24, 2.45) is 7.05 Å². The molecule has 6 nitrogen and oxygen atoms in total. The van der Waals surface area contributed by atoms with Crippen LogP contribution in [-0.2, 0) is 7.05 Å². The van der Waals surface area contributed by atoms with Crippen molar-refractivity contribution in [3.05, 3.63) is 35.0 Å². The van der Waals surface area contributed by atoms with Crippen LogP contribution in [0.3, 0.4) is 0 Å². The summed E-state index contributed by atoms with van der Waals surface area (Å²) in [6, 6.07) is 7.66. The zero-order chi connectivity index (χ0) is 14.4. The number of nitrogens with two attached hydrogens (primary N) is 1. The van der Waals surface area contributed by atoms with E-state index in [9.17, 15) is 0 Å². The Kier molecular flexibility index (Phi) is 2.51. The predicted octanol–water partition coefficient (Wildman–Crippen LogP) is 1.83. The van der Waals surface area contributed by atoms with Crippen molar-refractivity contribution in [3.63, 3.8) is 0 Å². The first kappa shape index (κ1) is 12.2. The Morgan fingerprint density at radius 2 is 2.05 bits per heavy atom. The maximum absolute atomic E-state index is 9.07. The van der Waals surface area contributed by atoms with Crippen LogP contribution in [0.15, 0.2) is 18.2 Å². The fraction of sp³-hybridized carbons (Fsp3) is 0.214. The molecule has 0 aliphatic carbocycles. The molecule has 0 saturated carbocycles. The second kappa shape index (κ2) is 4.10. The Labute approximate surface area is 116 Å². The van der Waals surface area contributed by atoms with Gasteiger partial charge < -0.3 is 5.73 Å². The van der Waals surface area contributed by atoms with Crippen molar-refractivity contribution < 1.29 is 0 Å². The van der Waals surface area contributed by atoms with Crippen LogP contribution in [0.4, 0.5) is 5.95 Å². The van der Waals surface area contributed by atoms with Crippen LogP contribution in [0.1, 0.15) is 16.8 Å². The van der Waals surface area contributed by atoms with E-state index in [0.29, 0.717) is 11.5 Å². The van der Waals surface area contributed by atoms with Gasteiger partial charge in [-0.1, -0.05) is 6.07 Å². The van der Waals surface area contributed by atoms with Gasteiger partial charge in [-0.3, -0.25) is 4.57 Å². The highest BCUT2D eigenvalue weighted by molar-refractivity contribution is 5.80. The molecule has 0 atom stereocenters. The molecule has 2 aromatic heterocycles. The fourth-order valence-electron chi connectivity index (χ4n) is 2.45. The lowest BCUT2D eigenvalue weighted by atomic mass is 10.1. The minimum absolute atomic E-state index is 0.397. The van der Waals surface area contributed by atoms with Gasteiger partial charge in [-0.25, -0.2) is 9.67 Å². The van der Waals surface area contributed by atoms with Crippen molar-refractivity contribution >= 4 is 17.1 Å². The zero-order valence-corrected chi connectivity index (χ0v) is 11.5. The highest BCUT2D eigenvalue weighted by Gasteiger charge is 2.18. The predicted molar refractivity (Wildman–Crippen MR) is 76.4 cm³/mol. The molecule has 0 radical (unpaired) electrons. The summed E-state index contributed by atoms with van der Waals surface area (Å²) in [5.41, 5.74) is 11.0. The average Bonchev–Trinajstić information content (AvgIpc) is 2.89. The normalized spacial score (nSPS) is 10.9. The summed E-state index contributed by atoms with van der Waals surface area (Å²) in [6.45, 7) is 3.88. The van der Waals surface area contributed by atoms with Crippen LogP contribution in [0.2, 0.25) is 0 Å². The van der Waals surface area contributed by atoms with Crippen molar-refractivity contribution in [3.8, 4) is 11.8 Å². The third-order valence-electron chi connectivity index (χ3n) is 3.41. The van der Waals surface area contributed by atoms with Gasteiger partial charge in [0.25, 0.3) is 0 Å². The summed E-state index contributed by atoms with van der Waals surface area (Å²) in [5, 5.41) is 13.4. The number of benzene rings is 1. The number of aryl methyl sites for hydroxylation is 3. The van der Waals surface area contributed by atoms with Crippen LogP contribution in [0.5, 0.6) is 0 Å². The lowest BCUT2D eigenvalue weighted by Crippen LogP contribution is -2.06. The molecule has 0 fully saturated rings. The number of fused-ring (bicyclic) bond motifs is 1. The molecular formula is C14H14N6. The molecule has 2 N–H and O–H groups in total. The number of anilines is 1. The Hall–Kier alpha value is -2.81. The fourth-order valence-corrected chi connectivity index (χ4v) is 2.45. The molecule has 0 aliphatic rings. The standard InChI is InChI=1S/C14H14N6/c1-8-4-5-10(7-15)6-11(8)20-13-12(17-14(20)16)9(2)18-19(13)3/h4-6H,1-3H3,(H2,16,17). The average molecular weight is 266 g/mol. The number of nitrogen functional groups attached to an aromatic ring is 1. The molecule has 2 heterocycles. The second-order valence-corrected chi connectivity index (χ2v) is 4.80. The number of hydrogen-bond acceptors (Lipinski definition) is 4. The Morgan fingerprint density at radius 1 is 1.30 bits per heavy atom. The van der Waals surface area contributed by atoms with Gasteiger partial charge in [0, 0.05) is 7.05 Å². The number of imidazole rings is 1. The number of nitriles is 1. The van der Waals surface area contributed by atoms with Crippen LogP contribution in [0.25, 0.3) is 16.9 Å². The molecule has 3 aromatic rings. The molecule has 0 bridgehead atoms. The van der Waals surface area contributed by atoms with Gasteiger partial charge in [0.05, 0.1) is 23.0 Å². The summed E-state index contributed by atoms with van der Waals surface area (Å²) in [6.07, 6.45) is 0. The third kappa shape index (κ3) is 1.57. The second-order valence-electron chi connectivity index (χ2n) is 4.80. The van der Waals surface area contributed by atoms with Gasteiger partial charge in [-0.15, -0.1) is 0 Å². The zero-order valence-electron chi connectivity index (χ0n) is 11.5. The van der Waals surface area contributed by atoms with E-state index in [1.807, 2.05) is 37.6 Å². The van der Waals surface area contributed by atoms with Crippen molar-refractivity contribution in [1.29, 1.82) is 5.26 Å². The summed E-state index contributed by atoms with van der Waals surface area (Å²) in [5.74, 6) is 0.397. The molecule has 6 heteroatoms. The van der Waals surface area contributed by atoms with Crippen molar-refractivity contribution in [2.45, 2.75) is 13.8 Å². The number of hydrogen-bond donors (Lipinski definition) is 1. The molecule has 1 aromatic carbocycles. The van der Waals surface area contributed by atoms with E-state index < -0.39 is 0 Å². The number of nitrogens with zero attached hydrogens (tertiary/aromatic N) is 5. The molecule has 0 spiro atoms. The minimum atomic E-state index is 0.397. The Morgan fingerprint density at radius 3 is 2.75 bits per heavy atom. The van der Waals surface area contributed by atoms with Crippen molar-refractivity contribution in [2.75, 3.05) is 5.73 Å². The minimum Gasteiger partial charge on any atom is -0.369 e. The summed E-state index contributed by atoms with van der Waals surface area (Å²) >= 11 is 0. The first-order valence-electron chi connectivity index (χ1n) is 6.21. The van der Waals surface area contributed by atoms with E-state index in [4.69, 9.17) is 11.0 Å². The van der Waals surface area contributed by atoms with Crippen LogP contribution in [-0.4, -0.2) is 19.3 Å². The van der Waals surface area contributed by atoms with Gasteiger partial charge in [0.2, 0.25) is 5.95 Å². The van der Waals surface area contributed by atoms with E-state index in [1.54, 1.807) is 10.7 Å². The molecule has 0 aliphatic heterocycles. The Bertz CT molecular complexity index is 862. The molecule has 0 amide bonds. The van der Waals surface area contributed by atoms with Crippen LogP contribution >= 0.6 is 0 Å². The van der Waals surface area contributed by atoms with Gasteiger partial charge in [0.15, 0.2) is 5.65 Å². The molecule has 3 rings (SSSR count). The summed E-state index contributed by atoms with van der Waals surface area (Å²) in [7, 11) is 1.86. The van der Waals surface area contributed by atoms with Gasteiger partial charge in [-0.2, -0.15) is 10.4 Å². The van der Waals surface area contributed by atoms with Gasteiger partial charge >= 0.3 is 0 Å². The third-order valence-corrected chi connectivity index (χ3v) is 3.41. The maximum Gasteiger partial charge on any atom is 0.207 e. The Balaban J connectivity index is 2.41. The van der Waals surface area contributed by atoms with Gasteiger partial charge in [0.1, 0.15) is 5.52 Å². The van der Waals surface area contributed by atoms with E-state index >= 15 is 0 Å². The van der Waals surface area contributed by atoms with Crippen LogP contribution in [0, 0.1) is 25.2 Å². The van der Waals surface area contributed by atoms with Crippen LogP contribution < -0.4 is 5.73 Å². The molecule has 100 valence electrons.